The van der Waals surface area contributed by atoms with E-state index in [-0.39, 0.29) is 18.6 Å². The van der Waals surface area contributed by atoms with Gasteiger partial charge in [-0.1, -0.05) is 37.1 Å². The fourth-order valence-electron chi connectivity index (χ4n) is 5.26. The zero-order valence-electron chi connectivity index (χ0n) is 17.5. The van der Waals surface area contributed by atoms with E-state index >= 15 is 0 Å². The van der Waals surface area contributed by atoms with Gasteiger partial charge in [0.15, 0.2) is 0 Å². The number of carbonyl (C=O) groups is 2. The third-order valence-electron chi connectivity index (χ3n) is 6.87. The second-order valence-electron chi connectivity index (χ2n) is 8.62. The largest absolute Gasteiger partial charge is 0.375 e. The lowest BCUT2D eigenvalue weighted by Crippen LogP contribution is -2.59. The molecule has 2 fully saturated rings. The average Bonchev–Trinajstić information content (AvgIpc) is 3.28. The Bertz CT molecular complexity index is 724. The molecule has 1 saturated heterocycles. The van der Waals surface area contributed by atoms with Crippen LogP contribution in [-0.2, 0) is 27.3 Å². The van der Waals surface area contributed by atoms with Gasteiger partial charge in [-0.2, -0.15) is 0 Å². The number of benzene rings is 1. The quantitative estimate of drug-likeness (QED) is 0.759. The smallest absolute Gasteiger partial charge is 0.248 e. The van der Waals surface area contributed by atoms with E-state index in [0.29, 0.717) is 24.9 Å². The van der Waals surface area contributed by atoms with Crippen LogP contribution >= 0.6 is 0 Å². The molecule has 3 aliphatic rings. The minimum Gasteiger partial charge on any atom is -0.375 e. The molecule has 0 bridgehead atoms. The standard InChI is InChI=1S/C23H33N3O3/c1-29-17-21(27)24-12-14-25(15-13-24)22(19-7-3-4-8-19)23(28)26-11-10-18-6-2-5-9-20(18)16-26/h2,5-6,9,19,22H,3-4,7-8,10-17H2,1H3. The van der Waals surface area contributed by atoms with Crippen molar-refractivity contribution in [3.8, 4) is 0 Å². The number of methoxy groups -OCH3 is 1. The second kappa shape index (κ2) is 9.26. The second-order valence-corrected chi connectivity index (χ2v) is 8.62. The molecule has 6 nitrogen and oxygen atoms in total. The van der Waals surface area contributed by atoms with E-state index in [2.05, 4.69) is 34.1 Å². The van der Waals surface area contributed by atoms with Crippen LogP contribution in [-0.4, -0.2) is 79.0 Å². The number of hydrogen-bond acceptors (Lipinski definition) is 4. The summed E-state index contributed by atoms with van der Waals surface area (Å²) in [6.07, 6.45) is 5.68. The van der Waals surface area contributed by atoms with Gasteiger partial charge >= 0.3 is 0 Å². The van der Waals surface area contributed by atoms with E-state index in [1.807, 2.05) is 4.90 Å². The van der Waals surface area contributed by atoms with Crippen molar-refractivity contribution in [2.24, 2.45) is 5.92 Å². The van der Waals surface area contributed by atoms with Gasteiger partial charge in [0.25, 0.3) is 0 Å². The summed E-state index contributed by atoms with van der Waals surface area (Å²) >= 11 is 0. The summed E-state index contributed by atoms with van der Waals surface area (Å²) in [5.74, 6) is 0.785. The highest BCUT2D eigenvalue weighted by Crippen LogP contribution is 2.33. The minimum atomic E-state index is -0.0394. The molecule has 0 radical (unpaired) electrons. The first-order valence-corrected chi connectivity index (χ1v) is 11.0. The van der Waals surface area contributed by atoms with Crippen LogP contribution in [0.25, 0.3) is 0 Å². The molecule has 0 N–H and O–H groups in total. The first kappa shape index (κ1) is 20.4. The van der Waals surface area contributed by atoms with Crippen molar-refractivity contribution in [2.45, 2.75) is 44.7 Å². The molecule has 158 valence electrons. The Balaban J connectivity index is 1.45. The molecule has 1 atom stereocenters. The maximum Gasteiger partial charge on any atom is 0.248 e. The summed E-state index contributed by atoms with van der Waals surface area (Å²) in [6.45, 7) is 4.58. The molecular weight excluding hydrogens is 366 g/mol. The van der Waals surface area contributed by atoms with Gasteiger partial charge in [0.1, 0.15) is 6.61 Å². The lowest BCUT2D eigenvalue weighted by molar-refractivity contribution is -0.143. The van der Waals surface area contributed by atoms with Crippen LogP contribution in [0, 0.1) is 5.92 Å². The number of piperazine rings is 1. The third-order valence-corrected chi connectivity index (χ3v) is 6.87. The van der Waals surface area contributed by atoms with Crippen molar-refractivity contribution in [1.29, 1.82) is 0 Å². The Kier molecular flexibility index (Phi) is 6.50. The molecule has 4 rings (SSSR count). The molecule has 6 heteroatoms. The number of nitrogens with zero attached hydrogens (tertiary/aromatic N) is 3. The van der Waals surface area contributed by atoms with Crippen LogP contribution in [0.5, 0.6) is 0 Å². The first-order valence-electron chi connectivity index (χ1n) is 11.0. The zero-order valence-corrected chi connectivity index (χ0v) is 17.5. The normalized spacial score (nSPS) is 21.8. The molecular formula is C23H33N3O3. The average molecular weight is 400 g/mol. The van der Waals surface area contributed by atoms with Gasteiger partial charge < -0.3 is 14.5 Å². The highest BCUT2D eigenvalue weighted by molar-refractivity contribution is 5.83. The van der Waals surface area contributed by atoms with Crippen LogP contribution in [0.4, 0.5) is 0 Å². The van der Waals surface area contributed by atoms with E-state index < -0.39 is 0 Å². The fraction of sp³-hybridized carbons (Fsp3) is 0.652. The topological polar surface area (TPSA) is 53.1 Å². The predicted molar refractivity (Wildman–Crippen MR) is 111 cm³/mol. The number of rotatable bonds is 5. The Labute approximate surface area is 173 Å². The maximum atomic E-state index is 13.7. The summed E-state index contributed by atoms with van der Waals surface area (Å²) in [7, 11) is 1.56. The Morgan fingerprint density at radius 3 is 2.38 bits per heavy atom. The highest BCUT2D eigenvalue weighted by Gasteiger charge is 2.39. The number of fused-ring (bicyclic) bond motifs is 1. The SMILES string of the molecule is COCC(=O)N1CCN(C(C(=O)N2CCc3ccccc3C2)C2CCCC2)CC1. The Hall–Kier alpha value is -1.92. The number of carbonyl (C=O) groups excluding carboxylic acids is 2. The van der Waals surface area contributed by atoms with Crippen LogP contribution < -0.4 is 0 Å². The molecule has 2 aliphatic heterocycles. The summed E-state index contributed by atoms with van der Waals surface area (Å²) < 4.78 is 4.99. The third kappa shape index (κ3) is 4.48. The summed E-state index contributed by atoms with van der Waals surface area (Å²) in [5, 5.41) is 0. The molecule has 1 aromatic rings. The van der Waals surface area contributed by atoms with Crippen molar-refractivity contribution >= 4 is 11.8 Å². The minimum absolute atomic E-state index is 0.0394. The van der Waals surface area contributed by atoms with Gasteiger partial charge in [-0.05, 0) is 36.3 Å². The van der Waals surface area contributed by atoms with Gasteiger partial charge in [0.2, 0.25) is 11.8 Å². The maximum absolute atomic E-state index is 13.7. The predicted octanol–water partition coefficient (Wildman–Crippen LogP) is 1.92. The lowest BCUT2D eigenvalue weighted by Gasteiger charge is -2.43. The number of amides is 2. The number of ether oxygens (including phenoxy) is 1. The monoisotopic (exact) mass is 399 g/mol. The highest BCUT2D eigenvalue weighted by atomic mass is 16.5. The fourth-order valence-corrected chi connectivity index (χ4v) is 5.26. The van der Waals surface area contributed by atoms with Crippen LogP contribution in [0.1, 0.15) is 36.8 Å². The zero-order chi connectivity index (χ0) is 20.2. The van der Waals surface area contributed by atoms with Crippen LogP contribution in [0.3, 0.4) is 0 Å². The van der Waals surface area contributed by atoms with Crippen molar-refractivity contribution in [3.63, 3.8) is 0 Å². The van der Waals surface area contributed by atoms with Gasteiger partial charge in [-0.3, -0.25) is 14.5 Å². The van der Waals surface area contributed by atoms with E-state index in [4.69, 9.17) is 4.74 Å². The summed E-state index contributed by atoms with van der Waals surface area (Å²) in [6, 6.07) is 8.45. The van der Waals surface area contributed by atoms with E-state index in [0.717, 1.165) is 45.4 Å². The summed E-state index contributed by atoms with van der Waals surface area (Å²) in [4.78, 5) is 32.1. The molecule has 2 amide bonds. The molecule has 2 heterocycles. The van der Waals surface area contributed by atoms with Crippen LogP contribution in [0.15, 0.2) is 24.3 Å². The van der Waals surface area contributed by atoms with E-state index in [9.17, 15) is 9.59 Å². The molecule has 0 spiro atoms. The lowest BCUT2D eigenvalue weighted by atomic mass is 9.92. The molecule has 29 heavy (non-hydrogen) atoms. The van der Waals surface area contributed by atoms with Crippen molar-refractivity contribution in [3.05, 3.63) is 35.4 Å². The molecule has 1 aromatic carbocycles. The number of hydrogen-bond donors (Lipinski definition) is 0. The van der Waals surface area contributed by atoms with Gasteiger partial charge in [0.05, 0.1) is 6.04 Å². The van der Waals surface area contributed by atoms with E-state index in [1.54, 1.807) is 7.11 Å². The van der Waals surface area contributed by atoms with Crippen molar-refractivity contribution in [1.82, 2.24) is 14.7 Å². The van der Waals surface area contributed by atoms with Crippen molar-refractivity contribution in [2.75, 3.05) is 46.4 Å². The molecule has 1 unspecified atom stereocenters. The Morgan fingerprint density at radius 1 is 1.00 bits per heavy atom. The molecule has 1 saturated carbocycles. The first-order chi connectivity index (χ1) is 14.2. The van der Waals surface area contributed by atoms with Crippen LogP contribution in [0.2, 0.25) is 0 Å². The molecule has 1 aliphatic carbocycles. The summed E-state index contributed by atoms with van der Waals surface area (Å²) in [5.41, 5.74) is 2.66. The van der Waals surface area contributed by atoms with Crippen molar-refractivity contribution < 1.29 is 14.3 Å². The van der Waals surface area contributed by atoms with E-state index in [1.165, 1.54) is 24.0 Å². The van der Waals surface area contributed by atoms with Gasteiger partial charge in [0, 0.05) is 46.4 Å². The van der Waals surface area contributed by atoms with Gasteiger partial charge in [-0.15, -0.1) is 0 Å². The Morgan fingerprint density at radius 2 is 1.69 bits per heavy atom. The van der Waals surface area contributed by atoms with Gasteiger partial charge in [-0.25, -0.2) is 0 Å². The molecule has 0 aromatic heterocycles.